The summed E-state index contributed by atoms with van der Waals surface area (Å²) >= 11 is 0. The van der Waals surface area contributed by atoms with E-state index in [0.29, 0.717) is 13.0 Å². The first kappa shape index (κ1) is 11.1. The predicted octanol–water partition coefficient (Wildman–Crippen LogP) is 0.563. The second-order valence-corrected chi connectivity index (χ2v) is 5.00. The van der Waals surface area contributed by atoms with Gasteiger partial charge < -0.3 is 0 Å². The molecular weight excluding hydrogens is 200 g/mol. The smallest absolute Gasteiger partial charge is 0.211 e. The monoisotopic (exact) mass is 214 g/mol. The molecule has 5 heteroatoms. The van der Waals surface area contributed by atoms with Gasteiger partial charge >= 0.3 is 0 Å². The standard InChI is InChI=1S/C9H14N2O2S/c1-2-14(12,13)11-8-5-9-3-6-10-7-4-9/h3-4,6-7,11H,2,5,8H2,1H3. The molecule has 0 aliphatic heterocycles. The number of aromatic nitrogens is 1. The van der Waals surface area contributed by atoms with Crippen LogP contribution in [0.1, 0.15) is 12.5 Å². The number of hydrogen-bond donors (Lipinski definition) is 1. The number of sulfonamides is 1. The molecule has 0 fully saturated rings. The van der Waals surface area contributed by atoms with Gasteiger partial charge in [-0.05, 0) is 31.0 Å². The molecule has 14 heavy (non-hydrogen) atoms. The van der Waals surface area contributed by atoms with Crippen molar-refractivity contribution in [2.24, 2.45) is 0 Å². The lowest BCUT2D eigenvalue weighted by molar-refractivity contribution is 0.583. The Bertz CT molecular complexity index is 362. The summed E-state index contributed by atoms with van der Waals surface area (Å²) in [7, 11) is -3.06. The van der Waals surface area contributed by atoms with Gasteiger partial charge in [0.15, 0.2) is 0 Å². The molecule has 1 rings (SSSR count). The average Bonchev–Trinajstić information content (AvgIpc) is 2.19. The fourth-order valence-corrected chi connectivity index (χ4v) is 1.62. The van der Waals surface area contributed by atoms with Crippen LogP contribution in [-0.2, 0) is 16.4 Å². The number of rotatable bonds is 5. The highest BCUT2D eigenvalue weighted by Gasteiger charge is 2.04. The van der Waals surface area contributed by atoms with E-state index in [4.69, 9.17) is 0 Å². The number of hydrogen-bond acceptors (Lipinski definition) is 3. The lowest BCUT2D eigenvalue weighted by Gasteiger charge is -2.03. The van der Waals surface area contributed by atoms with Crippen LogP contribution in [0.25, 0.3) is 0 Å². The van der Waals surface area contributed by atoms with Crippen molar-refractivity contribution in [2.45, 2.75) is 13.3 Å². The van der Waals surface area contributed by atoms with E-state index in [2.05, 4.69) is 9.71 Å². The van der Waals surface area contributed by atoms with Crippen LogP contribution in [0, 0.1) is 0 Å². The summed E-state index contributed by atoms with van der Waals surface area (Å²) in [5.41, 5.74) is 1.08. The quantitative estimate of drug-likeness (QED) is 0.779. The maximum absolute atomic E-state index is 11.1. The van der Waals surface area contributed by atoms with Crippen LogP contribution in [0.4, 0.5) is 0 Å². The molecule has 1 heterocycles. The van der Waals surface area contributed by atoms with Crippen LogP contribution in [0.5, 0.6) is 0 Å². The first-order valence-corrected chi connectivity index (χ1v) is 6.15. The van der Waals surface area contributed by atoms with E-state index in [1.807, 2.05) is 12.1 Å². The Morgan fingerprint density at radius 1 is 1.36 bits per heavy atom. The molecule has 0 spiro atoms. The Balaban J connectivity index is 2.37. The Hall–Kier alpha value is -0.940. The van der Waals surface area contributed by atoms with Crippen LogP contribution >= 0.6 is 0 Å². The second-order valence-electron chi connectivity index (χ2n) is 2.90. The number of nitrogens with one attached hydrogen (secondary N) is 1. The van der Waals surface area contributed by atoms with Gasteiger partial charge in [0.25, 0.3) is 0 Å². The van der Waals surface area contributed by atoms with Crippen molar-refractivity contribution < 1.29 is 8.42 Å². The van der Waals surface area contributed by atoms with Crippen LogP contribution in [0.3, 0.4) is 0 Å². The molecule has 0 aliphatic rings. The number of nitrogens with zero attached hydrogens (tertiary/aromatic N) is 1. The lowest BCUT2D eigenvalue weighted by atomic mass is 10.2. The topological polar surface area (TPSA) is 59.1 Å². The SMILES string of the molecule is CCS(=O)(=O)NCCc1ccncc1. The maximum Gasteiger partial charge on any atom is 0.211 e. The molecule has 1 aromatic rings. The number of pyridine rings is 1. The van der Waals surface area contributed by atoms with E-state index in [0.717, 1.165) is 5.56 Å². The van der Waals surface area contributed by atoms with E-state index in [9.17, 15) is 8.42 Å². The maximum atomic E-state index is 11.1. The first-order chi connectivity index (χ1) is 6.64. The first-order valence-electron chi connectivity index (χ1n) is 4.50. The zero-order chi connectivity index (χ0) is 10.4. The molecule has 4 nitrogen and oxygen atoms in total. The summed E-state index contributed by atoms with van der Waals surface area (Å²) in [6, 6.07) is 3.75. The molecule has 0 unspecified atom stereocenters. The minimum Gasteiger partial charge on any atom is -0.265 e. The molecule has 0 bridgehead atoms. The highest BCUT2D eigenvalue weighted by Crippen LogP contribution is 1.96. The summed E-state index contributed by atoms with van der Waals surface area (Å²) in [5.74, 6) is 0.128. The van der Waals surface area contributed by atoms with Crippen LogP contribution in [0.15, 0.2) is 24.5 Å². The van der Waals surface area contributed by atoms with Gasteiger partial charge in [-0.3, -0.25) is 4.98 Å². The van der Waals surface area contributed by atoms with E-state index < -0.39 is 10.0 Å². The lowest BCUT2D eigenvalue weighted by Crippen LogP contribution is -2.27. The van der Waals surface area contributed by atoms with Gasteiger partial charge in [0.2, 0.25) is 10.0 Å². The Morgan fingerprint density at radius 2 is 2.00 bits per heavy atom. The Morgan fingerprint density at radius 3 is 2.57 bits per heavy atom. The largest absolute Gasteiger partial charge is 0.265 e. The molecule has 0 radical (unpaired) electrons. The minimum atomic E-state index is -3.06. The Kier molecular flexibility index (Phi) is 4.03. The van der Waals surface area contributed by atoms with Gasteiger partial charge in [-0.15, -0.1) is 0 Å². The van der Waals surface area contributed by atoms with Gasteiger partial charge in [0.1, 0.15) is 0 Å². The van der Waals surface area contributed by atoms with E-state index in [1.54, 1.807) is 19.3 Å². The summed E-state index contributed by atoms with van der Waals surface area (Å²) in [6.07, 6.45) is 4.09. The van der Waals surface area contributed by atoms with Crippen molar-refractivity contribution in [3.63, 3.8) is 0 Å². The van der Waals surface area contributed by atoms with Crippen molar-refractivity contribution >= 4 is 10.0 Å². The summed E-state index contributed by atoms with van der Waals surface area (Å²) in [5, 5.41) is 0. The summed E-state index contributed by atoms with van der Waals surface area (Å²) < 4.78 is 24.6. The van der Waals surface area contributed by atoms with Gasteiger partial charge in [-0.25, -0.2) is 13.1 Å². The van der Waals surface area contributed by atoms with E-state index in [1.165, 1.54) is 0 Å². The van der Waals surface area contributed by atoms with Crippen LogP contribution < -0.4 is 4.72 Å². The molecule has 0 aliphatic carbocycles. The third kappa shape index (κ3) is 3.85. The molecule has 0 aromatic carbocycles. The molecule has 0 amide bonds. The third-order valence-corrected chi connectivity index (χ3v) is 3.27. The van der Waals surface area contributed by atoms with Crippen molar-refractivity contribution in [1.29, 1.82) is 0 Å². The van der Waals surface area contributed by atoms with Crippen molar-refractivity contribution in [3.8, 4) is 0 Å². The molecular formula is C9H14N2O2S. The van der Waals surface area contributed by atoms with E-state index >= 15 is 0 Å². The van der Waals surface area contributed by atoms with Gasteiger partial charge in [0, 0.05) is 18.9 Å². The van der Waals surface area contributed by atoms with Crippen LogP contribution in [-0.4, -0.2) is 25.7 Å². The van der Waals surface area contributed by atoms with Crippen molar-refractivity contribution in [3.05, 3.63) is 30.1 Å². The molecule has 0 saturated heterocycles. The zero-order valence-electron chi connectivity index (χ0n) is 8.10. The zero-order valence-corrected chi connectivity index (χ0v) is 8.92. The van der Waals surface area contributed by atoms with E-state index in [-0.39, 0.29) is 5.75 Å². The fraction of sp³-hybridized carbons (Fsp3) is 0.444. The molecule has 0 atom stereocenters. The van der Waals surface area contributed by atoms with Crippen LogP contribution in [0.2, 0.25) is 0 Å². The Labute approximate surface area is 84.4 Å². The predicted molar refractivity (Wildman–Crippen MR) is 55.4 cm³/mol. The average molecular weight is 214 g/mol. The normalized spacial score (nSPS) is 11.5. The second kappa shape index (κ2) is 5.07. The molecule has 1 aromatic heterocycles. The van der Waals surface area contributed by atoms with Gasteiger partial charge in [0.05, 0.1) is 5.75 Å². The molecule has 0 saturated carbocycles. The molecule has 78 valence electrons. The molecule has 1 N–H and O–H groups in total. The third-order valence-electron chi connectivity index (χ3n) is 1.87. The van der Waals surface area contributed by atoms with Gasteiger partial charge in [-0.1, -0.05) is 0 Å². The summed E-state index contributed by atoms with van der Waals surface area (Å²) in [6.45, 7) is 2.06. The minimum absolute atomic E-state index is 0.128. The van der Waals surface area contributed by atoms with Crippen molar-refractivity contribution in [1.82, 2.24) is 9.71 Å². The van der Waals surface area contributed by atoms with Crippen molar-refractivity contribution in [2.75, 3.05) is 12.3 Å². The highest BCUT2D eigenvalue weighted by atomic mass is 32.2. The van der Waals surface area contributed by atoms with Gasteiger partial charge in [-0.2, -0.15) is 0 Å². The summed E-state index contributed by atoms with van der Waals surface area (Å²) in [4.78, 5) is 3.88. The highest BCUT2D eigenvalue weighted by molar-refractivity contribution is 7.89. The fourth-order valence-electron chi connectivity index (χ4n) is 1.00.